The minimum Gasteiger partial charge on any atom is -0.429 e. The van der Waals surface area contributed by atoms with Gasteiger partial charge in [0.05, 0.1) is 0 Å². The molecule has 0 aliphatic heterocycles. The predicted octanol–water partition coefficient (Wildman–Crippen LogP) is -0.434. The number of methoxy groups -OCH3 is 1. The molecule has 0 saturated heterocycles. The maximum Gasteiger partial charge on any atom is 0.485 e. The molecule has 0 spiro atoms. The average molecular weight is 117 g/mol. The van der Waals surface area contributed by atoms with Crippen molar-refractivity contribution in [3.63, 3.8) is 0 Å². The predicted molar refractivity (Wildman–Crippen MR) is 30.4 cm³/mol. The Hall–Kier alpha value is -0.0551. The van der Waals surface area contributed by atoms with Gasteiger partial charge in [-0.3, -0.25) is 0 Å². The van der Waals surface area contributed by atoms with Crippen molar-refractivity contribution < 1.29 is 14.4 Å². The van der Waals surface area contributed by atoms with E-state index in [-0.39, 0.29) is 0 Å². The second-order valence-electron chi connectivity index (χ2n) is 1.32. The summed E-state index contributed by atoms with van der Waals surface area (Å²) in [6.45, 7) is 1.19. The molecule has 0 atom stereocenters. The first-order valence-electron chi connectivity index (χ1n) is 2.48. The van der Waals surface area contributed by atoms with E-state index in [2.05, 4.69) is 4.65 Å². The first-order chi connectivity index (χ1) is 3.91. The van der Waals surface area contributed by atoms with E-state index >= 15 is 0 Å². The van der Waals surface area contributed by atoms with Crippen molar-refractivity contribution in [3.8, 4) is 0 Å². The van der Waals surface area contributed by atoms with Crippen LogP contribution in [0.4, 0.5) is 0 Å². The van der Waals surface area contributed by atoms with Crippen LogP contribution in [0.15, 0.2) is 0 Å². The summed E-state index contributed by atoms with van der Waals surface area (Å²) in [5.41, 5.74) is 0. The molecule has 0 rings (SSSR count). The van der Waals surface area contributed by atoms with E-state index in [1.54, 1.807) is 7.11 Å². The highest BCUT2D eigenvalue weighted by Crippen LogP contribution is 1.79. The molecule has 0 saturated carbocycles. The Kier molecular flexibility index (Phi) is 6.90. The highest BCUT2D eigenvalue weighted by Gasteiger charge is 1.85. The van der Waals surface area contributed by atoms with Crippen molar-refractivity contribution in [2.75, 3.05) is 20.3 Å². The smallest absolute Gasteiger partial charge is 0.429 e. The minimum absolute atomic E-state index is 0.518. The molecule has 0 fully saturated rings. The van der Waals surface area contributed by atoms with Crippen LogP contribution in [0.2, 0.25) is 0 Å². The van der Waals surface area contributed by atoms with Crippen molar-refractivity contribution in [2.24, 2.45) is 0 Å². The molecule has 1 radical (unpaired) electrons. The molecule has 1 N–H and O–H groups in total. The summed E-state index contributed by atoms with van der Waals surface area (Å²) in [5, 5.41) is 7.98. The molecule has 0 amide bonds. The molecule has 0 unspecified atom stereocenters. The van der Waals surface area contributed by atoms with Gasteiger partial charge in [-0.2, -0.15) is 0 Å². The zero-order valence-electron chi connectivity index (χ0n) is 4.96. The number of rotatable bonds is 5. The highest BCUT2D eigenvalue weighted by molar-refractivity contribution is 6.15. The lowest BCUT2D eigenvalue weighted by Gasteiger charge is -1.96. The van der Waals surface area contributed by atoms with Gasteiger partial charge in [0.1, 0.15) is 0 Å². The van der Waals surface area contributed by atoms with Crippen LogP contribution >= 0.6 is 0 Å². The molecule has 0 aliphatic rings. The third kappa shape index (κ3) is 5.94. The second kappa shape index (κ2) is 6.94. The van der Waals surface area contributed by atoms with Gasteiger partial charge in [0.2, 0.25) is 0 Å². The van der Waals surface area contributed by atoms with Crippen LogP contribution in [-0.4, -0.2) is 33.0 Å². The number of hydrogen-bond donors (Lipinski definition) is 1. The average Bonchev–Trinajstić information content (AvgIpc) is 1.81. The Bertz CT molecular complexity index is 36.3. The standard InChI is InChI=1S/C4H10BO3/c1-7-3-2-4-8-5-6/h6H,2-4H2,1H3. The van der Waals surface area contributed by atoms with Crippen LogP contribution in [0.25, 0.3) is 0 Å². The summed E-state index contributed by atoms with van der Waals surface area (Å²) in [5.74, 6) is 0. The molecular weight excluding hydrogens is 107 g/mol. The van der Waals surface area contributed by atoms with E-state index in [1.807, 2.05) is 0 Å². The Morgan fingerprint density at radius 2 is 2.25 bits per heavy atom. The molecular formula is C4H10BO3. The topological polar surface area (TPSA) is 38.7 Å². The maximum atomic E-state index is 7.98. The van der Waals surface area contributed by atoms with Crippen molar-refractivity contribution in [1.29, 1.82) is 0 Å². The van der Waals surface area contributed by atoms with Gasteiger partial charge >= 0.3 is 7.69 Å². The first kappa shape index (κ1) is 7.94. The van der Waals surface area contributed by atoms with Gasteiger partial charge in [0.25, 0.3) is 0 Å². The zero-order valence-corrected chi connectivity index (χ0v) is 4.96. The van der Waals surface area contributed by atoms with E-state index in [1.165, 1.54) is 0 Å². The lowest BCUT2D eigenvalue weighted by Crippen LogP contribution is -2.01. The molecule has 4 heteroatoms. The fourth-order valence-corrected chi connectivity index (χ4v) is 0.339. The SMILES string of the molecule is COCCCO[B]O. The normalized spacial score (nSPS) is 9.25. The number of hydrogen-bond acceptors (Lipinski definition) is 3. The van der Waals surface area contributed by atoms with Crippen molar-refractivity contribution >= 4 is 7.69 Å². The second-order valence-corrected chi connectivity index (χ2v) is 1.32. The molecule has 0 heterocycles. The van der Waals surface area contributed by atoms with Crippen LogP contribution in [0.3, 0.4) is 0 Å². The van der Waals surface area contributed by atoms with Gasteiger partial charge in [-0.1, -0.05) is 0 Å². The summed E-state index contributed by atoms with van der Waals surface area (Å²) < 4.78 is 9.20. The largest absolute Gasteiger partial charge is 0.485 e. The van der Waals surface area contributed by atoms with Gasteiger partial charge in [0, 0.05) is 20.3 Å². The summed E-state index contributed by atoms with van der Waals surface area (Å²) in [6.07, 6.45) is 0.813. The third-order valence-electron chi connectivity index (χ3n) is 0.685. The van der Waals surface area contributed by atoms with E-state index in [4.69, 9.17) is 9.76 Å². The van der Waals surface area contributed by atoms with Crippen molar-refractivity contribution in [1.82, 2.24) is 0 Å². The highest BCUT2D eigenvalue weighted by atomic mass is 16.5. The van der Waals surface area contributed by atoms with E-state index in [9.17, 15) is 0 Å². The van der Waals surface area contributed by atoms with Crippen LogP contribution in [0.5, 0.6) is 0 Å². The first-order valence-corrected chi connectivity index (χ1v) is 2.48. The van der Waals surface area contributed by atoms with Crippen LogP contribution < -0.4 is 0 Å². The quantitative estimate of drug-likeness (QED) is 0.392. The summed E-state index contributed by atoms with van der Waals surface area (Å²) in [7, 11) is 2.32. The summed E-state index contributed by atoms with van der Waals surface area (Å²) >= 11 is 0. The molecule has 8 heavy (non-hydrogen) atoms. The molecule has 0 bridgehead atoms. The molecule has 0 aromatic rings. The summed E-state index contributed by atoms with van der Waals surface area (Å²) in [4.78, 5) is 0. The van der Waals surface area contributed by atoms with Crippen LogP contribution in [-0.2, 0) is 9.39 Å². The third-order valence-corrected chi connectivity index (χ3v) is 0.685. The lowest BCUT2D eigenvalue weighted by atomic mass is 10.4. The fourth-order valence-electron chi connectivity index (χ4n) is 0.339. The van der Waals surface area contributed by atoms with E-state index < -0.39 is 0 Å². The van der Waals surface area contributed by atoms with E-state index in [0.717, 1.165) is 6.42 Å². The molecule has 0 aromatic heterocycles. The molecule has 47 valence electrons. The Labute approximate surface area is 49.9 Å². The monoisotopic (exact) mass is 117 g/mol. The zero-order chi connectivity index (χ0) is 6.24. The van der Waals surface area contributed by atoms with Gasteiger partial charge in [-0.15, -0.1) is 0 Å². The van der Waals surface area contributed by atoms with Gasteiger partial charge < -0.3 is 14.4 Å². The lowest BCUT2D eigenvalue weighted by molar-refractivity contribution is 0.168. The van der Waals surface area contributed by atoms with Gasteiger partial charge in [0.15, 0.2) is 0 Å². The van der Waals surface area contributed by atoms with Gasteiger partial charge in [-0.05, 0) is 6.42 Å². The van der Waals surface area contributed by atoms with Gasteiger partial charge in [-0.25, -0.2) is 0 Å². The number of ether oxygens (including phenoxy) is 1. The Balaban J connectivity index is 2.53. The summed E-state index contributed by atoms with van der Waals surface area (Å²) in [6, 6.07) is 0. The van der Waals surface area contributed by atoms with Crippen molar-refractivity contribution in [3.05, 3.63) is 0 Å². The maximum absolute atomic E-state index is 7.98. The molecule has 0 aromatic carbocycles. The minimum atomic E-state index is 0.518. The molecule has 0 aliphatic carbocycles. The van der Waals surface area contributed by atoms with E-state index in [0.29, 0.717) is 20.9 Å². The fraction of sp³-hybridized carbons (Fsp3) is 1.00. The molecule has 3 nitrogen and oxygen atoms in total. The van der Waals surface area contributed by atoms with Crippen LogP contribution in [0.1, 0.15) is 6.42 Å². The van der Waals surface area contributed by atoms with Crippen molar-refractivity contribution in [2.45, 2.75) is 6.42 Å². The Morgan fingerprint density at radius 1 is 1.50 bits per heavy atom. The Morgan fingerprint density at radius 3 is 2.75 bits per heavy atom. The van der Waals surface area contributed by atoms with Crippen LogP contribution in [0, 0.1) is 0 Å².